The van der Waals surface area contributed by atoms with E-state index in [1.807, 2.05) is 23.0 Å². The minimum atomic E-state index is -0.833. The fraction of sp³-hybridized carbons (Fsp3) is 0.400. The molecule has 0 bridgehead atoms. The average Bonchev–Trinajstić information content (AvgIpc) is 3.00. The van der Waals surface area contributed by atoms with Gasteiger partial charge < -0.3 is 14.1 Å². The molecule has 0 spiro atoms. The molecule has 1 aliphatic rings. The van der Waals surface area contributed by atoms with Crippen LogP contribution in [0.2, 0.25) is 0 Å². The van der Waals surface area contributed by atoms with E-state index in [1.54, 1.807) is 24.7 Å². The van der Waals surface area contributed by atoms with Gasteiger partial charge in [0.1, 0.15) is 34.3 Å². The number of nitrogens with two attached hydrogens (primary N) is 1. The highest BCUT2D eigenvalue weighted by Gasteiger charge is 2.27. The predicted molar refractivity (Wildman–Crippen MR) is 122 cm³/mol. The summed E-state index contributed by atoms with van der Waals surface area (Å²) in [6, 6.07) is 2.59. The number of aromatic nitrogens is 4. The van der Waals surface area contributed by atoms with Crippen LogP contribution in [-0.4, -0.2) is 31.1 Å². The molecule has 0 radical (unpaired) electrons. The van der Waals surface area contributed by atoms with Crippen LogP contribution < -0.4 is 16.7 Å². The molecule has 4 rings (SSSR count). The molecular formula is C20H22FIN6O3. The van der Waals surface area contributed by atoms with E-state index in [9.17, 15) is 14.0 Å². The Kier molecular flexibility index (Phi) is 5.97. The van der Waals surface area contributed by atoms with Crippen molar-refractivity contribution in [3.63, 3.8) is 0 Å². The van der Waals surface area contributed by atoms with Crippen molar-refractivity contribution in [2.24, 2.45) is 12.8 Å². The summed E-state index contributed by atoms with van der Waals surface area (Å²) < 4.78 is 22.9. The fourth-order valence-electron chi connectivity index (χ4n) is 4.04. The number of carbonyl (C=O) groups excluding carboxylic acids is 1. The van der Waals surface area contributed by atoms with Crippen LogP contribution in [0.5, 0.6) is 0 Å². The van der Waals surface area contributed by atoms with E-state index in [1.165, 1.54) is 16.7 Å². The Morgan fingerprint density at radius 2 is 2.03 bits per heavy atom. The van der Waals surface area contributed by atoms with Crippen molar-refractivity contribution >= 4 is 51.7 Å². The number of imidazole rings is 1. The molecule has 3 aromatic rings. The van der Waals surface area contributed by atoms with Gasteiger partial charge in [0.25, 0.3) is 5.91 Å². The molecule has 164 valence electrons. The van der Waals surface area contributed by atoms with Crippen LogP contribution >= 0.6 is 23.0 Å². The van der Waals surface area contributed by atoms with Gasteiger partial charge in [0.2, 0.25) is 5.95 Å². The Morgan fingerprint density at radius 1 is 1.32 bits per heavy atom. The lowest BCUT2D eigenvalue weighted by atomic mass is 9.93. The summed E-state index contributed by atoms with van der Waals surface area (Å²) in [6.45, 7) is 1.72. The van der Waals surface area contributed by atoms with Gasteiger partial charge in [0.15, 0.2) is 5.65 Å². The first-order valence-electron chi connectivity index (χ1n) is 9.88. The molecular weight excluding hydrogens is 518 g/mol. The summed E-state index contributed by atoms with van der Waals surface area (Å²) >= 11 is 1.92. The van der Waals surface area contributed by atoms with Crippen molar-refractivity contribution in [2.75, 3.05) is 5.32 Å². The van der Waals surface area contributed by atoms with Gasteiger partial charge in [-0.3, -0.25) is 13.9 Å². The highest BCUT2D eigenvalue weighted by molar-refractivity contribution is 14.1. The van der Waals surface area contributed by atoms with E-state index in [2.05, 4.69) is 15.3 Å². The first-order valence-corrected chi connectivity index (χ1v) is 10.8. The number of halogens is 2. The lowest BCUT2D eigenvalue weighted by Crippen LogP contribution is -2.30. The summed E-state index contributed by atoms with van der Waals surface area (Å²) in [7, 11) is 1.69. The van der Waals surface area contributed by atoms with Crippen LogP contribution in [0.25, 0.3) is 11.2 Å². The van der Waals surface area contributed by atoms with Crippen molar-refractivity contribution in [2.45, 2.75) is 44.8 Å². The quantitative estimate of drug-likeness (QED) is 0.480. The number of amides is 1. The first kappa shape index (κ1) is 21.7. The third-order valence-electron chi connectivity index (χ3n) is 5.79. The van der Waals surface area contributed by atoms with Crippen LogP contribution in [-0.2, 0) is 10.1 Å². The van der Waals surface area contributed by atoms with Crippen molar-refractivity contribution in [1.29, 1.82) is 0 Å². The molecule has 2 aromatic heterocycles. The van der Waals surface area contributed by atoms with Gasteiger partial charge in [-0.05, 0) is 50.3 Å². The number of carbonyl (C=O) groups is 1. The zero-order valence-electron chi connectivity index (χ0n) is 17.1. The molecule has 2 heterocycles. The van der Waals surface area contributed by atoms with E-state index < -0.39 is 11.7 Å². The SMILES string of the molecule is Cc1cc(C(N)=O)c(F)cc1Nc1ncc2c(n1)n(C1CCC(OI)CC1)c(=O)n2C. The summed E-state index contributed by atoms with van der Waals surface area (Å²) in [5.74, 6) is -1.33. The summed E-state index contributed by atoms with van der Waals surface area (Å²) in [6.07, 6.45) is 5.16. The Hall–Kier alpha value is -2.54. The molecule has 1 amide bonds. The number of benzene rings is 1. The second kappa shape index (κ2) is 8.54. The van der Waals surface area contributed by atoms with Crippen LogP contribution in [0.3, 0.4) is 0 Å². The highest BCUT2D eigenvalue weighted by atomic mass is 127. The number of nitrogens with one attached hydrogen (secondary N) is 1. The summed E-state index contributed by atoms with van der Waals surface area (Å²) in [5.41, 5.74) is 7.04. The van der Waals surface area contributed by atoms with Gasteiger partial charge in [-0.25, -0.2) is 14.2 Å². The lowest BCUT2D eigenvalue weighted by Gasteiger charge is -2.27. The minimum absolute atomic E-state index is 0.0239. The molecule has 1 aromatic carbocycles. The van der Waals surface area contributed by atoms with Gasteiger partial charge in [-0.1, -0.05) is 0 Å². The molecule has 11 heteroatoms. The van der Waals surface area contributed by atoms with Gasteiger partial charge in [0, 0.05) is 18.8 Å². The normalized spacial score (nSPS) is 19.0. The number of anilines is 2. The second-order valence-corrected chi connectivity index (χ2v) is 8.28. The highest BCUT2D eigenvalue weighted by Crippen LogP contribution is 2.32. The number of fused-ring (bicyclic) bond motifs is 1. The van der Waals surface area contributed by atoms with E-state index in [-0.39, 0.29) is 29.3 Å². The molecule has 9 nitrogen and oxygen atoms in total. The monoisotopic (exact) mass is 540 g/mol. The Balaban J connectivity index is 1.71. The molecule has 31 heavy (non-hydrogen) atoms. The number of nitrogens with zero attached hydrogens (tertiary/aromatic N) is 4. The van der Waals surface area contributed by atoms with Crippen molar-refractivity contribution in [3.05, 3.63) is 45.8 Å². The minimum Gasteiger partial charge on any atom is -0.366 e. The number of primary amides is 1. The summed E-state index contributed by atoms with van der Waals surface area (Å²) in [5, 5.41) is 2.99. The molecule has 0 saturated heterocycles. The zero-order chi connectivity index (χ0) is 22.3. The van der Waals surface area contributed by atoms with E-state index in [0.717, 1.165) is 25.7 Å². The topological polar surface area (TPSA) is 117 Å². The van der Waals surface area contributed by atoms with Crippen LogP contribution in [0.4, 0.5) is 16.0 Å². The maximum Gasteiger partial charge on any atom is 0.330 e. The number of hydrogen-bond donors (Lipinski definition) is 2. The Morgan fingerprint density at radius 3 is 2.68 bits per heavy atom. The van der Waals surface area contributed by atoms with E-state index in [0.29, 0.717) is 22.4 Å². The Bertz CT molecular complexity index is 1220. The largest absolute Gasteiger partial charge is 0.366 e. The maximum atomic E-state index is 14.2. The van der Waals surface area contributed by atoms with Crippen LogP contribution in [0.1, 0.15) is 47.6 Å². The smallest absolute Gasteiger partial charge is 0.330 e. The van der Waals surface area contributed by atoms with E-state index >= 15 is 0 Å². The lowest BCUT2D eigenvalue weighted by molar-refractivity contribution is 0.0996. The molecule has 0 atom stereocenters. The molecule has 1 saturated carbocycles. The van der Waals surface area contributed by atoms with Gasteiger partial charge >= 0.3 is 5.69 Å². The van der Waals surface area contributed by atoms with Crippen LogP contribution in [0, 0.1) is 12.7 Å². The first-order chi connectivity index (χ1) is 14.8. The van der Waals surface area contributed by atoms with Crippen molar-refractivity contribution in [1.82, 2.24) is 19.1 Å². The number of hydrogen-bond acceptors (Lipinski definition) is 6. The second-order valence-electron chi connectivity index (χ2n) is 7.77. The van der Waals surface area contributed by atoms with Crippen molar-refractivity contribution < 1.29 is 12.3 Å². The standard InChI is InChI=1S/C20H22FIN6O3/c1-10-7-13(17(23)29)14(21)8-15(10)25-19-24-9-16-18(26-19)28(20(30)27(16)2)11-3-5-12(31-22)6-4-11/h7-9,11-12H,3-6H2,1-2H3,(H2,23,29)(H,24,25,26). The molecule has 1 aliphatic carbocycles. The third-order valence-corrected chi connectivity index (χ3v) is 6.51. The van der Waals surface area contributed by atoms with Gasteiger partial charge in [-0.2, -0.15) is 4.98 Å². The zero-order valence-corrected chi connectivity index (χ0v) is 19.2. The third kappa shape index (κ3) is 4.03. The predicted octanol–water partition coefficient (Wildman–Crippen LogP) is 3.27. The Labute approximate surface area is 191 Å². The number of aryl methyl sites for hydroxylation is 2. The summed E-state index contributed by atoms with van der Waals surface area (Å²) in [4.78, 5) is 33.1. The van der Waals surface area contributed by atoms with Crippen molar-refractivity contribution in [3.8, 4) is 0 Å². The molecule has 0 aliphatic heterocycles. The van der Waals surface area contributed by atoms with Gasteiger partial charge in [-0.15, -0.1) is 0 Å². The molecule has 0 unspecified atom stereocenters. The maximum absolute atomic E-state index is 14.2. The van der Waals surface area contributed by atoms with E-state index in [4.69, 9.17) is 8.80 Å². The van der Waals surface area contributed by atoms with Crippen LogP contribution in [0.15, 0.2) is 23.1 Å². The molecule has 3 N–H and O–H groups in total. The molecule has 1 fully saturated rings. The van der Waals surface area contributed by atoms with Gasteiger partial charge in [0.05, 0.1) is 17.9 Å². The number of rotatable bonds is 5. The average molecular weight is 540 g/mol. The fourth-order valence-corrected chi connectivity index (χ4v) is 4.55.